The van der Waals surface area contributed by atoms with Crippen LogP contribution >= 0.6 is 23.2 Å². The molecule has 28 heavy (non-hydrogen) atoms. The fourth-order valence-corrected chi connectivity index (χ4v) is 5.08. The summed E-state index contributed by atoms with van der Waals surface area (Å²) in [5.74, 6) is 0. The van der Waals surface area contributed by atoms with Gasteiger partial charge in [0.1, 0.15) is 4.90 Å². The van der Waals surface area contributed by atoms with E-state index in [4.69, 9.17) is 23.2 Å². The second-order valence-corrected chi connectivity index (χ2v) is 9.11. The number of hydrogen-bond acceptors (Lipinski definition) is 4. The first-order valence-corrected chi connectivity index (χ1v) is 10.8. The number of nitrogens with zero attached hydrogens (tertiary/aromatic N) is 4. The number of nitrogens with one attached hydrogen (secondary N) is 1. The van der Waals surface area contributed by atoms with E-state index in [1.807, 2.05) is 13.0 Å². The van der Waals surface area contributed by atoms with E-state index in [-0.39, 0.29) is 4.90 Å². The fraction of sp³-hybridized carbons (Fsp3) is 0.333. The molecule has 3 rings (SSSR count). The maximum absolute atomic E-state index is 13.0. The summed E-state index contributed by atoms with van der Waals surface area (Å²) in [6.45, 7) is 7.42. The highest BCUT2D eigenvalue weighted by Gasteiger charge is 2.26. The minimum Gasteiger partial charge on any atom is -0.276 e. The number of rotatable bonds is 5. The predicted octanol–water partition coefficient (Wildman–Crippen LogP) is 4.01. The molecule has 0 aliphatic heterocycles. The summed E-state index contributed by atoms with van der Waals surface area (Å²) in [4.78, 5) is 0.186. The standard InChI is InChI=1S/C18H21Cl2N5O2S/c1-10-17(23-28(26,27)18-11(2)21-24(5)13(18)4)12(3)25(22-10)9-14-6-7-15(19)16(20)8-14/h6-8,23H,9H2,1-5H3. The second-order valence-electron chi connectivity index (χ2n) is 6.68. The first kappa shape index (κ1) is 20.7. The van der Waals surface area contributed by atoms with Gasteiger partial charge in [0.2, 0.25) is 0 Å². The molecule has 0 aliphatic rings. The molecule has 0 saturated heterocycles. The van der Waals surface area contributed by atoms with Gasteiger partial charge in [-0.15, -0.1) is 0 Å². The molecule has 3 aromatic rings. The quantitative estimate of drug-likeness (QED) is 0.648. The van der Waals surface area contributed by atoms with Crippen molar-refractivity contribution in [2.24, 2.45) is 7.05 Å². The van der Waals surface area contributed by atoms with E-state index in [0.717, 1.165) is 5.56 Å². The number of sulfonamides is 1. The summed E-state index contributed by atoms with van der Waals surface area (Å²) < 4.78 is 31.9. The summed E-state index contributed by atoms with van der Waals surface area (Å²) >= 11 is 12.0. The Bertz CT molecular complexity index is 1170. The molecule has 0 saturated carbocycles. The molecule has 2 heterocycles. The van der Waals surface area contributed by atoms with Crippen LogP contribution in [0.1, 0.15) is 28.3 Å². The van der Waals surface area contributed by atoms with E-state index in [1.54, 1.807) is 49.3 Å². The predicted molar refractivity (Wildman–Crippen MR) is 111 cm³/mol. The van der Waals surface area contributed by atoms with Crippen molar-refractivity contribution in [2.75, 3.05) is 4.72 Å². The molecule has 0 spiro atoms. The molecular formula is C18H21Cl2N5O2S. The number of aromatic nitrogens is 4. The monoisotopic (exact) mass is 441 g/mol. The van der Waals surface area contributed by atoms with E-state index in [1.165, 1.54) is 0 Å². The van der Waals surface area contributed by atoms with Crippen molar-refractivity contribution in [3.05, 3.63) is 56.6 Å². The molecule has 0 aliphatic carbocycles. The van der Waals surface area contributed by atoms with Crippen LogP contribution in [0.3, 0.4) is 0 Å². The third-order valence-electron chi connectivity index (χ3n) is 4.65. The summed E-state index contributed by atoms with van der Waals surface area (Å²) in [6.07, 6.45) is 0. The Morgan fingerprint density at radius 2 is 1.68 bits per heavy atom. The zero-order valence-corrected chi connectivity index (χ0v) is 18.5. The van der Waals surface area contributed by atoms with Crippen LogP contribution in [-0.2, 0) is 23.6 Å². The van der Waals surface area contributed by atoms with Crippen molar-refractivity contribution in [2.45, 2.75) is 39.1 Å². The number of anilines is 1. The van der Waals surface area contributed by atoms with Gasteiger partial charge in [0.05, 0.1) is 45.1 Å². The lowest BCUT2D eigenvalue weighted by Crippen LogP contribution is -2.16. The van der Waals surface area contributed by atoms with Crippen molar-refractivity contribution in [3.8, 4) is 0 Å². The first-order chi connectivity index (χ1) is 13.0. The van der Waals surface area contributed by atoms with Crippen LogP contribution in [0.2, 0.25) is 10.0 Å². The third-order valence-corrected chi connectivity index (χ3v) is 6.99. The van der Waals surface area contributed by atoms with Gasteiger partial charge in [0.25, 0.3) is 10.0 Å². The minimum absolute atomic E-state index is 0.186. The molecule has 1 N–H and O–H groups in total. The third kappa shape index (κ3) is 3.76. The van der Waals surface area contributed by atoms with Gasteiger partial charge in [-0.3, -0.25) is 14.1 Å². The fourth-order valence-electron chi connectivity index (χ4n) is 3.14. The van der Waals surface area contributed by atoms with Gasteiger partial charge in [-0.05, 0) is 45.4 Å². The van der Waals surface area contributed by atoms with Crippen molar-refractivity contribution in [3.63, 3.8) is 0 Å². The van der Waals surface area contributed by atoms with Crippen LogP contribution in [0.5, 0.6) is 0 Å². The molecule has 2 aromatic heterocycles. The SMILES string of the molecule is Cc1nn(Cc2ccc(Cl)c(Cl)c2)c(C)c1NS(=O)(=O)c1c(C)nn(C)c1C. The Hall–Kier alpha value is -2.03. The highest BCUT2D eigenvalue weighted by Crippen LogP contribution is 2.28. The molecule has 0 bridgehead atoms. The molecule has 0 radical (unpaired) electrons. The van der Waals surface area contributed by atoms with Crippen molar-refractivity contribution in [1.82, 2.24) is 19.6 Å². The lowest BCUT2D eigenvalue weighted by Gasteiger charge is -2.10. The molecule has 0 amide bonds. The van der Waals surface area contributed by atoms with Gasteiger partial charge in [0.15, 0.2) is 0 Å². The summed E-state index contributed by atoms with van der Waals surface area (Å²) in [6, 6.07) is 5.35. The van der Waals surface area contributed by atoms with E-state index < -0.39 is 10.0 Å². The van der Waals surface area contributed by atoms with Crippen LogP contribution in [0.15, 0.2) is 23.1 Å². The normalized spacial score (nSPS) is 11.8. The molecule has 7 nitrogen and oxygen atoms in total. The van der Waals surface area contributed by atoms with E-state index in [0.29, 0.717) is 45.1 Å². The summed E-state index contributed by atoms with van der Waals surface area (Å²) in [5.41, 5.74) is 3.68. The molecule has 1 aromatic carbocycles. The molecule has 0 unspecified atom stereocenters. The smallest absolute Gasteiger partial charge is 0.265 e. The van der Waals surface area contributed by atoms with Crippen LogP contribution < -0.4 is 4.72 Å². The summed E-state index contributed by atoms with van der Waals surface area (Å²) in [7, 11) is -2.08. The van der Waals surface area contributed by atoms with Crippen molar-refractivity contribution in [1.29, 1.82) is 0 Å². The Morgan fingerprint density at radius 3 is 2.25 bits per heavy atom. The summed E-state index contributed by atoms with van der Waals surface area (Å²) in [5, 5.41) is 9.61. The topological polar surface area (TPSA) is 81.8 Å². The van der Waals surface area contributed by atoms with Crippen LogP contribution in [0, 0.1) is 27.7 Å². The highest BCUT2D eigenvalue weighted by atomic mass is 35.5. The van der Waals surface area contributed by atoms with Gasteiger partial charge < -0.3 is 0 Å². The van der Waals surface area contributed by atoms with E-state index in [9.17, 15) is 8.42 Å². The number of hydrogen-bond donors (Lipinski definition) is 1. The van der Waals surface area contributed by atoms with Gasteiger partial charge in [-0.1, -0.05) is 29.3 Å². The Morgan fingerprint density at radius 1 is 1.00 bits per heavy atom. The molecule has 0 fully saturated rings. The molecule has 0 atom stereocenters. The van der Waals surface area contributed by atoms with Gasteiger partial charge >= 0.3 is 0 Å². The van der Waals surface area contributed by atoms with Gasteiger partial charge in [-0.2, -0.15) is 10.2 Å². The number of aryl methyl sites for hydroxylation is 3. The van der Waals surface area contributed by atoms with Crippen LogP contribution in [0.25, 0.3) is 0 Å². The maximum Gasteiger partial charge on any atom is 0.265 e. The van der Waals surface area contributed by atoms with Crippen molar-refractivity contribution >= 4 is 38.9 Å². The highest BCUT2D eigenvalue weighted by molar-refractivity contribution is 7.92. The maximum atomic E-state index is 13.0. The van der Waals surface area contributed by atoms with Crippen molar-refractivity contribution < 1.29 is 8.42 Å². The zero-order chi connectivity index (χ0) is 20.8. The Kier molecular flexibility index (Phi) is 5.49. The molecular weight excluding hydrogens is 421 g/mol. The van der Waals surface area contributed by atoms with Gasteiger partial charge in [0, 0.05) is 7.05 Å². The largest absolute Gasteiger partial charge is 0.276 e. The molecule has 10 heteroatoms. The average molecular weight is 442 g/mol. The first-order valence-electron chi connectivity index (χ1n) is 8.52. The van der Waals surface area contributed by atoms with E-state index >= 15 is 0 Å². The number of halogens is 2. The zero-order valence-electron chi connectivity index (χ0n) is 16.2. The Balaban J connectivity index is 1.94. The van der Waals surface area contributed by atoms with Crippen LogP contribution in [-0.4, -0.2) is 28.0 Å². The molecule has 150 valence electrons. The second kappa shape index (κ2) is 7.42. The number of benzene rings is 1. The van der Waals surface area contributed by atoms with Crippen LogP contribution in [0.4, 0.5) is 5.69 Å². The lowest BCUT2D eigenvalue weighted by atomic mass is 10.2. The van der Waals surface area contributed by atoms with Gasteiger partial charge in [-0.25, -0.2) is 8.42 Å². The Labute approximate surface area is 174 Å². The minimum atomic E-state index is -3.80. The average Bonchev–Trinajstić information content (AvgIpc) is 3.00. The lowest BCUT2D eigenvalue weighted by molar-refractivity contribution is 0.599. The van der Waals surface area contributed by atoms with E-state index in [2.05, 4.69) is 14.9 Å².